The number of aliphatic hydroxyl groups is 1. The van der Waals surface area contributed by atoms with Crippen LogP contribution in [0, 0.1) is 0 Å². The first-order valence-corrected chi connectivity index (χ1v) is 13.0. The molecule has 0 atom stereocenters. The molecule has 4 aromatic rings. The molecule has 4 rings (SSSR count). The van der Waals surface area contributed by atoms with Gasteiger partial charge in [-0.25, -0.2) is 0 Å². The van der Waals surface area contributed by atoms with Gasteiger partial charge in [0, 0.05) is 11.0 Å². The summed E-state index contributed by atoms with van der Waals surface area (Å²) in [7, 11) is 0. The highest BCUT2D eigenvalue weighted by Crippen LogP contribution is 2.21. The van der Waals surface area contributed by atoms with Crippen molar-refractivity contribution in [3.63, 3.8) is 0 Å². The van der Waals surface area contributed by atoms with Gasteiger partial charge in [0.15, 0.2) is 0 Å². The van der Waals surface area contributed by atoms with E-state index in [0.717, 1.165) is 33.5 Å². The average Bonchev–Trinajstić information content (AvgIpc) is 2.90. The van der Waals surface area contributed by atoms with Crippen molar-refractivity contribution in [2.75, 3.05) is 11.0 Å². The Morgan fingerprint density at radius 1 is 0.529 bits per heavy atom. The fraction of sp³-hybridized carbons (Fsp3) is 0.200. The van der Waals surface area contributed by atoms with Gasteiger partial charge in [-0.05, 0) is 47.2 Å². The largest absolute Gasteiger partial charge is 0.489 e. The third kappa shape index (κ3) is 8.84. The van der Waals surface area contributed by atoms with Crippen LogP contribution in [0.15, 0.2) is 109 Å². The maximum Gasteiger partial charge on any atom is 0.123 e. The van der Waals surface area contributed by atoms with Gasteiger partial charge in [0.2, 0.25) is 0 Å². The highest BCUT2D eigenvalue weighted by Gasteiger charge is 2.03. The first kappa shape index (κ1) is 25.8. The van der Waals surface area contributed by atoms with Crippen LogP contribution in [-0.4, -0.2) is 16.1 Å². The highest BCUT2D eigenvalue weighted by molar-refractivity contribution is 14.1. The number of hydrogen-bond acceptors (Lipinski definition) is 3. The van der Waals surface area contributed by atoms with Crippen molar-refractivity contribution >= 4 is 22.6 Å². The van der Waals surface area contributed by atoms with E-state index < -0.39 is 0 Å². The third-order valence-corrected chi connectivity index (χ3v) is 5.70. The summed E-state index contributed by atoms with van der Waals surface area (Å²) in [5.41, 5.74) is 4.69. The Morgan fingerprint density at radius 2 is 0.941 bits per heavy atom. The standard InChI is InChI=1S/C15H15IO.C15H16O2/c2*16-11-10-14-8-4-5-9-15(14)17-12-13-6-2-1-3-7-13/h1-9H,10-12H2;1-9,16H,10-12H2. The van der Waals surface area contributed by atoms with Crippen LogP contribution in [0.25, 0.3) is 0 Å². The van der Waals surface area contributed by atoms with Crippen molar-refractivity contribution in [3.05, 3.63) is 131 Å². The lowest BCUT2D eigenvalue weighted by molar-refractivity contribution is 0.284. The fourth-order valence-corrected chi connectivity index (χ4v) is 3.98. The zero-order chi connectivity index (χ0) is 23.8. The van der Waals surface area contributed by atoms with Gasteiger partial charge < -0.3 is 14.6 Å². The van der Waals surface area contributed by atoms with Crippen LogP contribution < -0.4 is 9.47 Å². The van der Waals surface area contributed by atoms with E-state index >= 15 is 0 Å². The van der Waals surface area contributed by atoms with Crippen molar-refractivity contribution in [1.82, 2.24) is 0 Å². The van der Waals surface area contributed by atoms with Crippen LogP contribution in [0.5, 0.6) is 11.5 Å². The average molecular weight is 566 g/mol. The summed E-state index contributed by atoms with van der Waals surface area (Å²) in [5, 5.41) is 8.97. The lowest BCUT2D eigenvalue weighted by Crippen LogP contribution is -1.99. The van der Waals surface area contributed by atoms with Gasteiger partial charge in [0.1, 0.15) is 24.7 Å². The van der Waals surface area contributed by atoms with E-state index in [2.05, 4.69) is 46.9 Å². The molecule has 0 aliphatic carbocycles. The number of aryl methyl sites for hydroxylation is 1. The molecule has 3 nitrogen and oxygen atoms in total. The molecule has 0 heterocycles. The van der Waals surface area contributed by atoms with Crippen LogP contribution in [0.3, 0.4) is 0 Å². The minimum Gasteiger partial charge on any atom is -0.489 e. The molecule has 176 valence electrons. The van der Waals surface area contributed by atoms with Gasteiger partial charge in [0.05, 0.1) is 0 Å². The number of alkyl halides is 1. The molecule has 0 aliphatic heterocycles. The van der Waals surface area contributed by atoms with Gasteiger partial charge in [0.25, 0.3) is 0 Å². The SMILES string of the molecule is ICCc1ccccc1OCc1ccccc1.OCCc1ccccc1OCc1ccccc1. The molecule has 34 heavy (non-hydrogen) atoms. The zero-order valence-corrected chi connectivity index (χ0v) is 21.4. The Bertz CT molecular complexity index is 995. The highest BCUT2D eigenvalue weighted by atomic mass is 127. The summed E-state index contributed by atoms with van der Waals surface area (Å²) >= 11 is 2.39. The summed E-state index contributed by atoms with van der Waals surface area (Å²) in [4.78, 5) is 0. The normalized spacial score (nSPS) is 10.2. The number of hydrogen-bond donors (Lipinski definition) is 1. The van der Waals surface area contributed by atoms with Crippen molar-refractivity contribution in [2.24, 2.45) is 0 Å². The summed E-state index contributed by atoms with van der Waals surface area (Å²) < 4.78 is 12.8. The first-order valence-electron chi connectivity index (χ1n) is 11.5. The molecule has 1 N–H and O–H groups in total. The topological polar surface area (TPSA) is 38.7 Å². The maximum absolute atomic E-state index is 8.97. The van der Waals surface area contributed by atoms with Crippen LogP contribution in [0.4, 0.5) is 0 Å². The van der Waals surface area contributed by atoms with Crippen LogP contribution in [-0.2, 0) is 26.1 Å². The zero-order valence-electron chi connectivity index (χ0n) is 19.3. The van der Waals surface area contributed by atoms with E-state index in [0.29, 0.717) is 19.6 Å². The Balaban J connectivity index is 0.000000191. The molecule has 0 unspecified atom stereocenters. The van der Waals surface area contributed by atoms with Gasteiger partial charge in [-0.3, -0.25) is 0 Å². The molecule has 0 amide bonds. The number of benzene rings is 4. The predicted molar refractivity (Wildman–Crippen MR) is 148 cm³/mol. The second-order valence-corrected chi connectivity index (χ2v) is 8.76. The lowest BCUT2D eigenvalue weighted by atomic mass is 10.1. The Kier molecular flexibility index (Phi) is 11.5. The van der Waals surface area contributed by atoms with Crippen molar-refractivity contribution in [2.45, 2.75) is 26.1 Å². The lowest BCUT2D eigenvalue weighted by Gasteiger charge is -2.10. The van der Waals surface area contributed by atoms with Gasteiger partial charge >= 0.3 is 0 Å². The van der Waals surface area contributed by atoms with E-state index in [1.54, 1.807) is 0 Å². The summed E-state index contributed by atoms with van der Waals surface area (Å²) in [6.07, 6.45) is 1.69. The molecule has 4 heteroatoms. The molecular formula is C30H31IO3. The second-order valence-electron chi connectivity index (χ2n) is 7.68. The number of para-hydroxylation sites is 2. The van der Waals surface area contributed by atoms with Gasteiger partial charge in [-0.2, -0.15) is 0 Å². The molecule has 0 radical (unpaired) electrons. The third-order valence-electron chi connectivity index (χ3n) is 5.16. The second kappa shape index (κ2) is 15.1. The molecule has 0 bridgehead atoms. The number of halogens is 1. The minimum absolute atomic E-state index is 0.145. The smallest absolute Gasteiger partial charge is 0.123 e. The number of rotatable bonds is 10. The Hall–Kier alpha value is -2.83. The molecule has 0 aromatic heterocycles. The van der Waals surface area contributed by atoms with E-state index in [1.165, 1.54) is 11.1 Å². The minimum atomic E-state index is 0.145. The molecular weight excluding hydrogens is 535 g/mol. The van der Waals surface area contributed by atoms with Crippen LogP contribution in [0.2, 0.25) is 0 Å². The molecule has 4 aromatic carbocycles. The summed E-state index contributed by atoms with van der Waals surface area (Å²) in [6, 6.07) is 36.4. The molecule has 0 saturated carbocycles. The first-order chi connectivity index (χ1) is 16.8. The van der Waals surface area contributed by atoms with Gasteiger partial charge in [-0.15, -0.1) is 0 Å². The molecule has 0 aliphatic rings. The predicted octanol–water partition coefficient (Wildman–Crippen LogP) is 7.04. The monoisotopic (exact) mass is 566 g/mol. The fourth-order valence-electron chi connectivity index (χ4n) is 3.40. The van der Waals surface area contributed by atoms with Crippen LogP contribution >= 0.6 is 22.6 Å². The Morgan fingerprint density at radius 3 is 1.38 bits per heavy atom. The summed E-state index contributed by atoms with van der Waals surface area (Å²) in [6.45, 7) is 1.34. The van der Waals surface area contributed by atoms with Gasteiger partial charge in [-0.1, -0.05) is 120 Å². The molecule has 0 saturated heterocycles. The van der Waals surface area contributed by atoms with Crippen molar-refractivity contribution in [3.8, 4) is 11.5 Å². The van der Waals surface area contributed by atoms with Crippen LogP contribution in [0.1, 0.15) is 22.3 Å². The molecule has 0 fully saturated rings. The van der Waals surface area contributed by atoms with E-state index in [4.69, 9.17) is 14.6 Å². The maximum atomic E-state index is 8.97. The van der Waals surface area contributed by atoms with Crippen molar-refractivity contribution < 1.29 is 14.6 Å². The van der Waals surface area contributed by atoms with E-state index in [-0.39, 0.29) is 6.61 Å². The number of ether oxygens (including phenoxy) is 2. The van der Waals surface area contributed by atoms with Crippen molar-refractivity contribution in [1.29, 1.82) is 0 Å². The number of aliphatic hydroxyl groups excluding tert-OH is 1. The Labute approximate surface area is 216 Å². The summed E-state index contributed by atoms with van der Waals surface area (Å²) in [5.74, 6) is 1.86. The molecule has 0 spiro atoms. The quantitative estimate of drug-likeness (QED) is 0.165. The van der Waals surface area contributed by atoms with E-state index in [9.17, 15) is 0 Å². The van der Waals surface area contributed by atoms with E-state index in [1.807, 2.05) is 84.9 Å².